The van der Waals surface area contributed by atoms with Crippen LogP contribution in [0.15, 0.2) is 0 Å². The van der Waals surface area contributed by atoms with Gasteiger partial charge in [0, 0.05) is 25.9 Å². The van der Waals surface area contributed by atoms with Gasteiger partial charge >= 0.3 is 0 Å². The topological polar surface area (TPSA) is 26.7 Å². The Morgan fingerprint density at radius 1 is 0.933 bits per heavy atom. The second kappa shape index (κ2) is 4.37. The maximum Gasteiger partial charge on any atom is 0.122 e. The third kappa shape index (κ3) is 2.50. The van der Waals surface area contributed by atoms with E-state index < -0.39 is 0 Å². The van der Waals surface area contributed by atoms with E-state index in [4.69, 9.17) is 0 Å². The molecule has 2 fully saturated rings. The zero-order valence-electron chi connectivity index (χ0n) is 10.0. The minimum Gasteiger partial charge on any atom is -0.306 e. The van der Waals surface area contributed by atoms with Crippen molar-refractivity contribution in [2.24, 2.45) is 0 Å². The highest BCUT2D eigenvalue weighted by atomic mass is 16.5. The van der Waals surface area contributed by atoms with Crippen LogP contribution in [-0.2, 0) is 0 Å². The van der Waals surface area contributed by atoms with E-state index in [0.29, 0.717) is 10.7 Å². The van der Waals surface area contributed by atoms with Crippen molar-refractivity contribution >= 4 is 0 Å². The number of hydroxylamine groups is 3. The molecule has 2 aliphatic heterocycles. The van der Waals surface area contributed by atoms with Crippen LogP contribution in [0.3, 0.4) is 0 Å². The molecule has 2 saturated heterocycles. The average molecular weight is 214 g/mol. The summed E-state index contributed by atoms with van der Waals surface area (Å²) >= 11 is 0. The predicted octanol–water partition coefficient (Wildman–Crippen LogP) is 0.232. The minimum absolute atomic E-state index is 0.332. The fraction of sp³-hybridized carbons (Fsp3) is 1.00. The summed E-state index contributed by atoms with van der Waals surface area (Å²) in [6, 6.07) is 0.481. The lowest BCUT2D eigenvalue weighted by atomic mass is 10.0. The second-order valence-corrected chi connectivity index (χ2v) is 5.27. The van der Waals surface area contributed by atoms with Crippen molar-refractivity contribution in [3.05, 3.63) is 0 Å². The number of nitrogens with zero attached hydrogens (tertiary/aromatic N) is 3. The molecule has 0 aromatic rings. The maximum atomic E-state index is 10.6. The third-order valence-electron chi connectivity index (χ3n) is 4.11. The van der Waals surface area contributed by atoms with Crippen molar-refractivity contribution in [2.75, 3.05) is 53.4 Å². The Hall–Kier alpha value is -0.160. The van der Waals surface area contributed by atoms with Gasteiger partial charge < -0.3 is 4.90 Å². The number of rotatable bonds is 1. The zero-order valence-corrected chi connectivity index (χ0v) is 10.0. The van der Waals surface area contributed by atoms with E-state index in [1.807, 2.05) is 0 Å². The first-order valence-electron chi connectivity index (χ1n) is 6.07. The van der Waals surface area contributed by atoms with Crippen LogP contribution >= 0.6 is 0 Å². The van der Waals surface area contributed by atoms with Crippen LogP contribution in [0, 0.1) is 0 Å². The number of hydrogen-bond acceptors (Lipinski definition) is 3. The molecule has 0 saturated carbocycles. The monoisotopic (exact) mass is 214 g/mol. The lowest BCUT2D eigenvalue weighted by Crippen LogP contribution is -2.63. The van der Waals surface area contributed by atoms with Gasteiger partial charge in [0.25, 0.3) is 0 Å². The van der Waals surface area contributed by atoms with E-state index in [1.165, 1.54) is 0 Å². The fourth-order valence-electron chi connectivity index (χ4n) is 2.75. The highest BCUT2D eigenvalue weighted by Gasteiger charge is 2.40. The van der Waals surface area contributed by atoms with E-state index >= 15 is 0 Å². The molecule has 1 N–H and O–H groups in total. The number of hydrogen-bond donors (Lipinski definition) is 1. The summed E-state index contributed by atoms with van der Waals surface area (Å²) in [7, 11) is 4.31. The first-order chi connectivity index (χ1) is 7.10. The summed E-state index contributed by atoms with van der Waals surface area (Å²) in [6.45, 7) is 6.16. The van der Waals surface area contributed by atoms with Gasteiger partial charge in [0.05, 0.1) is 13.1 Å². The smallest absolute Gasteiger partial charge is 0.122 e. The van der Waals surface area contributed by atoms with E-state index in [2.05, 4.69) is 23.9 Å². The van der Waals surface area contributed by atoms with E-state index in [0.717, 1.165) is 52.1 Å². The van der Waals surface area contributed by atoms with Crippen molar-refractivity contribution in [2.45, 2.75) is 18.9 Å². The molecule has 0 aromatic carbocycles. The molecule has 0 aliphatic carbocycles. The molecule has 2 rings (SSSR count). The van der Waals surface area contributed by atoms with Crippen molar-refractivity contribution in [1.29, 1.82) is 0 Å². The largest absolute Gasteiger partial charge is 0.306 e. The quantitative estimate of drug-likeness (QED) is 0.633. The van der Waals surface area contributed by atoms with Crippen LogP contribution in [0.2, 0.25) is 0 Å². The number of piperazine rings is 1. The molecule has 0 aromatic heterocycles. The maximum absolute atomic E-state index is 10.6. The molecule has 4 nitrogen and oxygen atoms in total. The van der Waals surface area contributed by atoms with Gasteiger partial charge in [0.1, 0.15) is 19.1 Å². The summed E-state index contributed by atoms with van der Waals surface area (Å²) in [6.07, 6.45) is 2.30. The number of likely N-dealkylation sites (tertiary alicyclic amines) is 1. The van der Waals surface area contributed by atoms with Gasteiger partial charge in [-0.05, 0) is 14.1 Å². The van der Waals surface area contributed by atoms with Crippen LogP contribution in [0.4, 0.5) is 0 Å². The van der Waals surface area contributed by atoms with Crippen LogP contribution in [0.5, 0.6) is 0 Å². The lowest BCUT2D eigenvalue weighted by molar-refractivity contribution is -1.12. The van der Waals surface area contributed by atoms with E-state index in [-0.39, 0.29) is 0 Å². The predicted molar refractivity (Wildman–Crippen MR) is 59.8 cm³/mol. The van der Waals surface area contributed by atoms with Crippen LogP contribution in [0.25, 0.3) is 0 Å². The Labute approximate surface area is 92.6 Å². The van der Waals surface area contributed by atoms with Crippen molar-refractivity contribution in [3.63, 3.8) is 0 Å². The highest BCUT2D eigenvalue weighted by Crippen LogP contribution is 2.23. The van der Waals surface area contributed by atoms with Crippen LogP contribution in [-0.4, -0.2) is 79.1 Å². The van der Waals surface area contributed by atoms with Gasteiger partial charge in [-0.3, -0.25) is 4.90 Å². The van der Waals surface area contributed by atoms with Crippen LogP contribution in [0.1, 0.15) is 12.8 Å². The minimum atomic E-state index is 0.332. The molecule has 88 valence electrons. The van der Waals surface area contributed by atoms with Gasteiger partial charge in [-0.1, -0.05) is 0 Å². The van der Waals surface area contributed by atoms with Gasteiger partial charge in [-0.15, -0.1) is 0 Å². The molecule has 0 unspecified atom stereocenters. The Bertz CT molecular complexity index is 206. The Balaban J connectivity index is 1.91. The molecule has 4 heteroatoms. The molecule has 0 bridgehead atoms. The Morgan fingerprint density at radius 3 is 1.93 bits per heavy atom. The van der Waals surface area contributed by atoms with Gasteiger partial charge in [-0.25, -0.2) is 5.21 Å². The molecular weight excluding hydrogens is 190 g/mol. The number of piperidine rings is 1. The molecule has 15 heavy (non-hydrogen) atoms. The summed E-state index contributed by atoms with van der Waals surface area (Å²) < 4.78 is 0.332. The number of quaternary nitrogens is 1. The molecular formula is C11H24N3O+. The molecule has 0 atom stereocenters. The molecule has 0 amide bonds. The summed E-state index contributed by atoms with van der Waals surface area (Å²) in [5, 5.41) is 10.6. The summed E-state index contributed by atoms with van der Waals surface area (Å²) in [5.74, 6) is 0. The van der Waals surface area contributed by atoms with Crippen LogP contribution < -0.4 is 0 Å². The Morgan fingerprint density at radius 2 is 1.40 bits per heavy atom. The SMILES string of the molecule is CN1CCC([N+]2(O)CCN(C)CC2)CC1. The van der Waals surface area contributed by atoms with Gasteiger partial charge in [0.2, 0.25) is 0 Å². The highest BCUT2D eigenvalue weighted by molar-refractivity contribution is 4.72. The second-order valence-electron chi connectivity index (χ2n) is 5.27. The molecule has 0 spiro atoms. The van der Waals surface area contributed by atoms with Crippen molar-refractivity contribution in [3.8, 4) is 0 Å². The molecule has 2 heterocycles. The normalized spacial score (nSPS) is 30.6. The van der Waals surface area contributed by atoms with Crippen molar-refractivity contribution < 1.29 is 9.85 Å². The zero-order chi connectivity index (χ0) is 10.9. The molecule has 2 aliphatic rings. The van der Waals surface area contributed by atoms with E-state index in [9.17, 15) is 5.21 Å². The Kier molecular flexibility index (Phi) is 3.30. The van der Waals surface area contributed by atoms with Gasteiger partial charge in [0.15, 0.2) is 0 Å². The lowest BCUT2D eigenvalue weighted by Gasteiger charge is -2.44. The fourth-order valence-corrected chi connectivity index (χ4v) is 2.75. The average Bonchev–Trinajstić information content (AvgIpc) is 2.24. The summed E-state index contributed by atoms with van der Waals surface area (Å²) in [5.41, 5.74) is 0. The standard InChI is InChI=1S/C11H24N3O/c1-12-5-3-11(4-6-12)14(15)9-7-13(2)8-10-14/h11,15H,3-10H2,1-2H3/q+1. The first-order valence-corrected chi connectivity index (χ1v) is 6.07. The summed E-state index contributed by atoms with van der Waals surface area (Å²) in [4.78, 5) is 4.67. The van der Waals surface area contributed by atoms with Crippen molar-refractivity contribution in [1.82, 2.24) is 9.80 Å². The first kappa shape index (κ1) is 11.3. The molecule has 0 radical (unpaired) electrons. The third-order valence-corrected chi connectivity index (χ3v) is 4.11. The number of likely N-dealkylation sites (N-methyl/N-ethyl adjacent to an activating group) is 1. The van der Waals surface area contributed by atoms with E-state index in [1.54, 1.807) is 0 Å². The van der Waals surface area contributed by atoms with Gasteiger partial charge in [-0.2, -0.15) is 4.65 Å².